The van der Waals surface area contributed by atoms with Crippen LogP contribution in [0.5, 0.6) is 0 Å². The summed E-state index contributed by atoms with van der Waals surface area (Å²) in [6.07, 6.45) is -1.77. The van der Waals surface area contributed by atoms with Crippen LogP contribution < -0.4 is 5.32 Å². The van der Waals surface area contributed by atoms with E-state index in [-0.39, 0.29) is 30.6 Å². The average Bonchev–Trinajstić information content (AvgIpc) is 2.69. The highest BCUT2D eigenvalue weighted by Gasteiger charge is 2.49. The highest BCUT2D eigenvalue weighted by Crippen LogP contribution is 2.33. The summed E-state index contributed by atoms with van der Waals surface area (Å²) in [5, 5.41) is 2.63. The van der Waals surface area contributed by atoms with E-state index >= 15 is 0 Å². The Balaban J connectivity index is 1.98. The number of alkyl carbamates (subject to hydrolysis) is 1. The van der Waals surface area contributed by atoms with Gasteiger partial charge in [0.1, 0.15) is 28.9 Å². The summed E-state index contributed by atoms with van der Waals surface area (Å²) in [5.74, 6) is -0.162. The first kappa shape index (κ1) is 24.7. The smallest absolute Gasteiger partial charge is 0.445 e. The second-order valence-corrected chi connectivity index (χ2v) is 11.5. The first-order chi connectivity index (χ1) is 14.5. The zero-order chi connectivity index (χ0) is 23.2. The predicted octanol–water partition coefficient (Wildman–Crippen LogP) is 2.99. The van der Waals surface area contributed by atoms with Gasteiger partial charge in [-0.25, -0.2) is 9.59 Å². The van der Waals surface area contributed by atoms with Gasteiger partial charge in [-0.15, -0.1) is 0 Å². The maximum atomic E-state index is 12.8. The van der Waals surface area contributed by atoms with Gasteiger partial charge in [-0.2, -0.15) is 0 Å². The van der Waals surface area contributed by atoms with Crippen molar-refractivity contribution < 1.29 is 28.6 Å². The normalized spacial score (nSPS) is 19.8. The van der Waals surface area contributed by atoms with Crippen LogP contribution in [0.25, 0.3) is 0 Å². The number of carbonyl (C=O) groups excluding carboxylic acids is 3. The highest BCUT2D eigenvalue weighted by atomic mass is 28.2. The average molecular weight is 451 g/mol. The Hall–Kier alpha value is -2.55. The van der Waals surface area contributed by atoms with Gasteiger partial charge in [-0.1, -0.05) is 58.0 Å². The van der Waals surface area contributed by atoms with Crippen molar-refractivity contribution in [3.8, 4) is 0 Å². The molecule has 9 heteroatoms. The molecule has 3 unspecified atom stereocenters. The first-order valence-corrected chi connectivity index (χ1v) is 12.0. The fourth-order valence-electron chi connectivity index (χ4n) is 3.01. The maximum absolute atomic E-state index is 12.8. The van der Waals surface area contributed by atoms with E-state index in [9.17, 15) is 14.4 Å². The first-order valence-electron chi connectivity index (χ1n) is 10.6. The lowest BCUT2D eigenvalue weighted by Gasteiger charge is -2.49. The molecule has 2 rings (SSSR count). The molecular weight excluding hydrogens is 416 g/mol. The summed E-state index contributed by atoms with van der Waals surface area (Å²) in [7, 11) is -0.978. The summed E-state index contributed by atoms with van der Waals surface area (Å²) >= 11 is 0. The number of carbonyl (C=O) groups is 3. The molecule has 1 aliphatic heterocycles. The van der Waals surface area contributed by atoms with Crippen molar-refractivity contribution in [3.63, 3.8) is 0 Å². The van der Waals surface area contributed by atoms with Gasteiger partial charge in [0.15, 0.2) is 0 Å². The Kier molecular flexibility index (Phi) is 8.49. The minimum absolute atomic E-state index is 0.0369. The van der Waals surface area contributed by atoms with Crippen LogP contribution in [0.3, 0.4) is 0 Å². The third-order valence-corrected chi connectivity index (χ3v) is 8.42. The molecule has 0 bridgehead atoms. The quantitative estimate of drug-likeness (QED) is 0.372. The topological polar surface area (TPSA) is 94.2 Å². The summed E-state index contributed by atoms with van der Waals surface area (Å²) in [6.45, 7) is 12.1. The van der Waals surface area contributed by atoms with Crippen LogP contribution in [0.4, 0.5) is 9.59 Å². The van der Waals surface area contributed by atoms with Crippen molar-refractivity contribution in [2.24, 2.45) is 5.41 Å². The number of nitrogens with zero attached hydrogens (tertiary/aromatic N) is 1. The zero-order valence-corrected chi connectivity index (χ0v) is 20.6. The van der Waals surface area contributed by atoms with Gasteiger partial charge in [0.25, 0.3) is 0 Å². The third-order valence-electron chi connectivity index (χ3n) is 5.47. The molecule has 0 aromatic heterocycles. The van der Waals surface area contributed by atoms with Crippen molar-refractivity contribution in [1.29, 1.82) is 0 Å². The summed E-state index contributed by atoms with van der Waals surface area (Å²) < 4.78 is 17.2. The van der Waals surface area contributed by atoms with Crippen molar-refractivity contribution in [2.75, 3.05) is 6.61 Å². The second kappa shape index (κ2) is 10.7. The van der Waals surface area contributed by atoms with E-state index < -0.39 is 34.0 Å². The molecule has 0 spiro atoms. The van der Waals surface area contributed by atoms with Gasteiger partial charge < -0.3 is 24.1 Å². The molecule has 1 aromatic carbocycles. The Morgan fingerprint density at radius 1 is 1.13 bits per heavy atom. The number of hydrogen-bond donors (Lipinski definition) is 1. The Bertz CT molecular complexity index is 765. The minimum Gasteiger partial charge on any atom is -0.445 e. The molecule has 1 aromatic rings. The van der Waals surface area contributed by atoms with Crippen molar-refractivity contribution in [2.45, 2.75) is 71.9 Å². The molecule has 1 heterocycles. The number of ether oxygens (including phenoxy) is 3. The van der Waals surface area contributed by atoms with E-state index in [1.807, 2.05) is 30.3 Å². The van der Waals surface area contributed by atoms with Crippen LogP contribution >= 0.6 is 0 Å². The molecule has 0 radical (unpaired) electrons. The van der Waals surface area contributed by atoms with E-state index in [0.717, 1.165) is 5.56 Å². The van der Waals surface area contributed by atoms with E-state index in [0.29, 0.717) is 5.54 Å². The number of nitrogens with one attached hydrogen (secondary N) is 1. The van der Waals surface area contributed by atoms with Crippen LogP contribution in [0, 0.1) is 5.41 Å². The Morgan fingerprint density at radius 3 is 2.35 bits per heavy atom. The lowest BCUT2D eigenvalue weighted by atomic mass is 9.93. The molecular formula is C22H34N2O6Si. The molecule has 172 valence electrons. The standard InChI is InChI=1S/C22H34N2O6Si/c1-14(2)30-21(27)29-13-17-18(19(25)24(17)31-15(3)22(4,5)6)23-20(26)28-12-16-10-8-7-9-11-16/h7-11,14-15,17-18H,12-13,31H2,1-6H3,(H,23,26). The monoisotopic (exact) mass is 450 g/mol. The van der Waals surface area contributed by atoms with Gasteiger partial charge in [0, 0.05) is 0 Å². The SMILES string of the molecule is CC(C)OC(=O)OCC1C(NC(=O)OCc2ccccc2)C(=O)N1[SiH2]C(C)C(C)(C)C. The van der Waals surface area contributed by atoms with Crippen molar-refractivity contribution in [1.82, 2.24) is 9.88 Å². The largest absolute Gasteiger partial charge is 0.508 e. The molecule has 0 saturated carbocycles. The maximum Gasteiger partial charge on any atom is 0.508 e. The van der Waals surface area contributed by atoms with Crippen molar-refractivity contribution in [3.05, 3.63) is 35.9 Å². The summed E-state index contributed by atoms with van der Waals surface area (Å²) in [5.41, 5.74) is 1.25. The van der Waals surface area contributed by atoms with Gasteiger partial charge >= 0.3 is 12.2 Å². The zero-order valence-electron chi connectivity index (χ0n) is 19.2. The number of amides is 2. The highest BCUT2D eigenvalue weighted by molar-refractivity contribution is 6.41. The fourth-order valence-corrected chi connectivity index (χ4v) is 5.12. The molecule has 1 N–H and O–H groups in total. The second-order valence-electron chi connectivity index (χ2n) is 9.24. The lowest BCUT2D eigenvalue weighted by molar-refractivity contribution is -0.145. The molecule has 2 amide bonds. The lowest BCUT2D eigenvalue weighted by Crippen LogP contribution is -2.73. The Labute approximate surface area is 186 Å². The van der Waals surface area contributed by atoms with Gasteiger partial charge in [0.05, 0.1) is 12.1 Å². The van der Waals surface area contributed by atoms with E-state index in [1.54, 1.807) is 18.4 Å². The van der Waals surface area contributed by atoms with Crippen LogP contribution in [0.1, 0.15) is 47.1 Å². The van der Waals surface area contributed by atoms with Crippen LogP contribution in [0.15, 0.2) is 30.3 Å². The molecule has 1 saturated heterocycles. The predicted molar refractivity (Wildman–Crippen MR) is 119 cm³/mol. The molecule has 8 nitrogen and oxygen atoms in total. The summed E-state index contributed by atoms with van der Waals surface area (Å²) in [4.78, 5) is 36.8. The Morgan fingerprint density at radius 2 is 1.77 bits per heavy atom. The van der Waals surface area contributed by atoms with E-state index in [2.05, 4.69) is 33.0 Å². The van der Waals surface area contributed by atoms with E-state index in [4.69, 9.17) is 14.2 Å². The number of hydrogen-bond acceptors (Lipinski definition) is 6. The molecule has 1 aliphatic rings. The molecule has 1 fully saturated rings. The number of β-lactam (4-membered cyclic amide) rings is 1. The van der Waals surface area contributed by atoms with Crippen LogP contribution in [0.2, 0.25) is 5.54 Å². The molecule has 0 aliphatic carbocycles. The van der Waals surface area contributed by atoms with Crippen LogP contribution in [-0.2, 0) is 25.6 Å². The van der Waals surface area contributed by atoms with Gasteiger partial charge in [0.2, 0.25) is 5.91 Å². The summed E-state index contributed by atoms with van der Waals surface area (Å²) in [6, 6.07) is 8.08. The minimum atomic E-state index is -0.978. The fraction of sp³-hybridized carbons (Fsp3) is 0.591. The van der Waals surface area contributed by atoms with E-state index in [1.165, 1.54) is 0 Å². The number of benzene rings is 1. The molecule has 3 atom stereocenters. The van der Waals surface area contributed by atoms with Gasteiger partial charge in [-0.3, -0.25) is 4.79 Å². The van der Waals surface area contributed by atoms with Crippen molar-refractivity contribution >= 4 is 27.8 Å². The molecule has 31 heavy (non-hydrogen) atoms. The third kappa shape index (κ3) is 7.27. The van der Waals surface area contributed by atoms with Crippen LogP contribution in [-0.4, -0.2) is 57.2 Å². The number of rotatable bonds is 8. The van der Waals surface area contributed by atoms with Gasteiger partial charge in [-0.05, 0) is 30.4 Å².